The van der Waals surface area contributed by atoms with E-state index in [-0.39, 0.29) is 18.9 Å². The van der Waals surface area contributed by atoms with Gasteiger partial charge in [-0.05, 0) is 44.9 Å². The largest absolute Gasteiger partial charge is 0.394 e. The molecule has 0 bridgehead atoms. The Hall–Kier alpha value is -1.43. The van der Waals surface area contributed by atoms with Crippen molar-refractivity contribution in [3.05, 3.63) is 36.5 Å². The van der Waals surface area contributed by atoms with E-state index in [0.29, 0.717) is 6.42 Å². The summed E-state index contributed by atoms with van der Waals surface area (Å²) in [5.74, 6) is -0.328. The lowest BCUT2D eigenvalue weighted by Crippen LogP contribution is -2.45. The molecule has 0 aliphatic rings. The van der Waals surface area contributed by atoms with Crippen LogP contribution in [-0.2, 0) is 4.79 Å². The van der Waals surface area contributed by atoms with Gasteiger partial charge in [0.15, 0.2) is 0 Å². The van der Waals surface area contributed by atoms with Crippen LogP contribution in [-0.4, -0.2) is 46.1 Å². The van der Waals surface area contributed by atoms with E-state index in [2.05, 4.69) is 43.5 Å². The van der Waals surface area contributed by atoms with Crippen molar-refractivity contribution in [2.75, 3.05) is 6.61 Å². The normalized spacial score (nSPS) is 13.9. The molecule has 5 nitrogen and oxygen atoms in total. The zero-order valence-corrected chi connectivity index (χ0v) is 34.0. The molecule has 4 N–H and O–H groups in total. The predicted molar refractivity (Wildman–Crippen MR) is 222 cm³/mol. The molecule has 51 heavy (non-hydrogen) atoms. The summed E-state index contributed by atoms with van der Waals surface area (Å²) in [5.41, 5.74) is 0. The Kier molecular flexibility index (Phi) is 40.2. The van der Waals surface area contributed by atoms with Crippen molar-refractivity contribution in [1.82, 2.24) is 5.32 Å². The average Bonchev–Trinajstić information content (AvgIpc) is 3.12. The van der Waals surface area contributed by atoms with Gasteiger partial charge in [-0.2, -0.15) is 0 Å². The maximum atomic E-state index is 12.4. The summed E-state index contributed by atoms with van der Waals surface area (Å²) in [6, 6.07) is -0.765. The molecular weight excluding hydrogens is 631 g/mol. The zero-order chi connectivity index (χ0) is 37.3. The van der Waals surface area contributed by atoms with E-state index in [1.54, 1.807) is 6.08 Å². The minimum Gasteiger partial charge on any atom is -0.394 e. The molecule has 3 atom stereocenters. The fraction of sp³-hybridized carbons (Fsp3) is 0.848. The van der Waals surface area contributed by atoms with Gasteiger partial charge in [0.25, 0.3) is 0 Å². The number of allylic oxidation sites excluding steroid dienone is 5. The molecule has 0 fully saturated rings. The number of carbonyl (C=O) groups is 1. The number of unbranched alkanes of at least 4 members (excludes halogenated alkanes) is 27. The molecular formula is C46H87NO4. The molecule has 0 rings (SSSR count). The molecule has 3 unspecified atom stereocenters. The van der Waals surface area contributed by atoms with Gasteiger partial charge in [0.2, 0.25) is 5.91 Å². The molecule has 0 aromatic heterocycles. The van der Waals surface area contributed by atoms with E-state index >= 15 is 0 Å². The first kappa shape index (κ1) is 49.6. The second-order valence-corrected chi connectivity index (χ2v) is 15.3. The van der Waals surface area contributed by atoms with Gasteiger partial charge in [0.1, 0.15) is 0 Å². The Labute approximate surface area is 317 Å². The number of aliphatic hydroxyl groups excluding tert-OH is 3. The van der Waals surface area contributed by atoms with Crippen LogP contribution in [0.2, 0.25) is 0 Å². The van der Waals surface area contributed by atoms with Crippen LogP contribution < -0.4 is 5.32 Å². The highest BCUT2D eigenvalue weighted by Crippen LogP contribution is 2.16. The summed E-state index contributed by atoms with van der Waals surface area (Å²) in [5, 5.41) is 33.2. The highest BCUT2D eigenvalue weighted by atomic mass is 16.3. The third-order valence-corrected chi connectivity index (χ3v) is 10.2. The van der Waals surface area contributed by atoms with E-state index in [1.165, 1.54) is 161 Å². The number of carbonyl (C=O) groups excluding carboxylic acids is 1. The quantitative estimate of drug-likeness (QED) is 0.0375. The summed E-state index contributed by atoms with van der Waals surface area (Å²) in [7, 11) is 0. The standard InChI is InChI=1S/C46H87NO4/c1-3-5-7-9-11-13-15-17-19-21-23-25-27-29-31-33-35-37-39-43(49)41-46(51)47-44(42-48)45(50)40-38-36-34-32-30-28-26-24-22-20-18-16-14-12-10-8-6-4-2/h22,24,30,32,38,40,43-45,48-50H,3-21,23,25-29,31,33-37,39,41-42H2,1-2H3,(H,47,51)/b24-22+,32-30+,40-38+. The molecule has 0 saturated heterocycles. The summed E-state index contributed by atoms with van der Waals surface area (Å²) in [4.78, 5) is 12.4. The van der Waals surface area contributed by atoms with Gasteiger partial charge in [-0.15, -0.1) is 0 Å². The van der Waals surface area contributed by atoms with E-state index in [4.69, 9.17) is 0 Å². The first-order chi connectivity index (χ1) is 25.0. The molecule has 1 amide bonds. The van der Waals surface area contributed by atoms with Crippen molar-refractivity contribution in [2.24, 2.45) is 0 Å². The summed E-state index contributed by atoms with van der Waals surface area (Å²) < 4.78 is 0. The fourth-order valence-electron chi connectivity index (χ4n) is 6.72. The Morgan fingerprint density at radius 1 is 0.490 bits per heavy atom. The van der Waals surface area contributed by atoms with Crippen molar-refractivity contribution >= 4 is 5.91 Å². The second kappa shape index (κ2) is 41.3. The molecule has 0 aliphatic carbocycles. The third kappa shape index (κ3) is 38.1. The molecule has 0 spiro atoms. The van der Waals surface area contributed by atoms with Crippen molar-refractivity contribution < 1.29 is 20.1 Å². The van der Waals surface area contributed by atoms with E-state index in [1.807, 2.05) is 6.08 Å². The van der Waals surface area contributed by atoms with Gasteiger partial charge in [-0.25, -0.2) is 0 Å². The van der Waals surface area contributed by atoms with E-state index in [9.17, 15) is 20.1 Å². The number of nitrogens with one attached hydrogen (secondary N) is 1. The minimum absolute atomic E-state index is 0.00503. The second-order valence-electron chi connectivity index (χ2n) is 15.3. The number of hydrogen-bond acceptors (Lipinski definition) is 4. The van der Waals surface area contributed by atoms with Crippen LogP contribution in [0, 0.1) is 0 Å². The Balaban J connectivity index is 3.72. The van der Waals surface area contributed by atoms with E-state index < -0.39 is 18.2 Å². The number of amides is 1. The van der Waals surface area contributed by atoms with Crippen molar-refractivity contribution in [2.45, 2.75) is 244 Å². The van der Waals surface area contributed by atoms with Crippen molar-refractivity contribution in [3.8, 4) is 0 Å². The van der Waals surface area contributed by atoms with Gasteiger partial charge in [0.05, 0.1) is 31.3 Å². The first-order valence-corrected chi connectivity index (χ1v) is 22.3. The van der Waals surface area contributed by atoms with Crippen LogP contribution in [0.5, 0.6) is 0 Å². The predicted octanol–water partition coefficient (Wildman–Crippen LogP) is 12.8. The van der Waals surface area contributed by atoms with Crippen molar-refractivity contribution in [3.63, 3.8) is 0 Å². The minimum atomic E-state index is -0.957. The Bertz CT molecular complexity index is 794. The van der Waals surface area contributed by atoms with Gasteiger partial charge < -0.3 is 20.6 Å². The van der Waals surface area contributed by atoms with Crippen LogP contribution in [0.3, 0.4) is 0 Å². The SMILES string of the molecule is CCCCCCCCCC/C=C/CC/C=C/CC/C=C/C(O)C(CO)NC(=O)CC(O)CCCCCCCCCCCCCCCCCCCC. The molecule has 0 heterocycles. The summed E-state index contributed by atoms with van der Waals surface area (Å²) >= 11 is 0. The molecule has 0 saturated carbocycles. The highest BCUT2D eigenvalue weighted by Gasteiger charge is 2.20. The zero-order valence-electron chi connectivity index (χ0n) is 34.0. The van der Waals surface area contributed by atoms with Gasteiger partial charge in [-0.1, -0.05) is 211 Å². The van der Waals surface area contributed by atoms with Gasteiger partial charge in [-0.3, -0.25) is 4.79 Å². The van der Waals surface area contributed by atoms with E-state index in [0.717, 1.165) is 38.5 Å². The van der Waals surface area contributed by atoms with Gasteiger partial charge in [0, 0.05) is 0 Å². The molecule has 5 heteroatoms. The molecule has 0 aromatic carbocycles. The molecule has 0 radical (unpaired) electrons. The van der Waals surface area contributed by atoms with Gasteiger partial charge >= 0.3 is 0 Å². The Morgan fingerprint density at radius 3 is 1.25 bits per heavy atom. The average molecular weight is 718 g/mol. The summed E-state index contributed by atoms with van der Waals surface area (Å²) in [6.07, 6.45) is 51.4. The smallest absolute Gasteiger partial charge is 0.222 e. The highest BCUT2D eigenvalue weighted by molar-refractivity contribution is 5.76. The molecule has 0 aliphatic heterocycles. The molecule has 300 valence electrons. The van der Waals surface area contributed by atoms with Crippen LogP contribution in [0.25, 0.3) is 0 Å². The van der Waals surface area contributed by atoms with Crippen LogP contribution in [0.1, 0.15) is 226 Å². The maximum Gasteiger partial charge on any atom is 0.222 e. The third-order valence-electron chi connectivity index (χ3n) is 10.2. The Morgan fingerprint density at radius 2 is 0.843 bits per heavy atom. The monoisotopic (exact) mass is 718 g/mol. The van der Waals surface area contributed by atoms with Crippen LogP contribution in [0.4, 0.5) is 0 Å². The number of hydrogen-bond donors (Lipinski definition) is 4. The lowest BCUT2D eigenvalue weighted by molar-refractivity contribution is -0.124. The fourth-order valence-corrected chi connectivity index (χ4v) is 6.72. The molecule has 0 aromatic rings. The van der Waals surface area contributed by atoms with Crippen LogP contribution in [0.15, 0.2) is 36.5 Å². The lowest BCUT2D eigenvalue weighted by Gasteiger charge is -2.21. The first-order valence-electron chi connectivity index (χ1n) is 22.3. The number of rotatable bonds is 40. The number of aliphatic hydroxyl groups is 3. The maximum absolute atomic E-state index is 12.4. The topological polar surface area (TPSA) is 89.8 Å². The summed E-state index contributed by atoms with van der Waals surface area (Å²) in [6.45, 7) is 4.20. The van der Waals surface area contributed by atoms with Crippen molar-refractivity contribution in [1.29, 1.82) is 0 Å². The van der Waals surface area contributed by atoms with Crippen LogP contribution >= 0.6 is 0 Å². The lowest BCUT2D eigenvalue weighted by atomic mass is 10.0.